The summed E-state index contributed by atoms with van der Waals surface area (Å²) >= 11 is 0. The first-order valence-electron chi connectivity index (χ1n) is 2.64. The Kier molecular flexibility index (Phi) is 9.93. The van der Waals surface area contributed by atoms with Gasteiger partial charge in [-0.15, -0.1) is 0 Å². The van der Waals surface area contributed by atoms with Crippen molar-refractivity contribution in [2.45, 2.75) is 5.51 Å². The van der Waals surface area contributed by atoms with Crippen LogP contribution in [-0.2, 0) is 14.9 Å². The summed E-state index contributed by atoms with van der Waals surface area (Å²) in [5, 5.41) is 0. The average molecular weight is 255 g/mol. The Hall–Kier alpha value is -1.56. The van der Waals surface area contributed by atoms with Crippen molar-refractivity contribution in [3.05, 3.63) is 0 Å². The molecule has 0 aliphatic heterocycles. The van der Waals surface area contributed by atoms with Crippen LogP contribution in [0.2, 0.25) is 0 Å². The quantitative estimate of drug-likeness (QED) is 0.235. The lowest BCUT2D eigenvalue weighted by atomic mass is 11.2. The monoisotopic (exact) mass is 255 g/mol. The minimum atomic E-state index is -5.84. The van der Waals surface area contributed by atoms with E-state index in [1.807, 2.05) is 0 Å². The zero-order valence-corrected chi connectivity index (χ0v) is 7.75. The molecular weight excluding hydrogens is 247 g/mol. The van der Waals surface area contributed by atoms with Crippen molar-refractivity contribution in [2.75, 3.05) is 0 Å². The molecule has 0 saturated heterocycles. The van der Waals surface area contributed by atoms with Gasteiger partial charge in [0.2, 0.25) is 6.41 Å². The SMILES string of the molecule is NC(N)=O.NC=O.O=S(=O)(O)C(F)(F)F. The fourth-order valence-electron chi connectivity index (χ4n) is 0. The van der Waals surface area contributed by atoms with E-state index in [9.17, 15) is 13.2 Å². The molecule has 0 aromatic carbocycles. The largest absolute Gasteiger partial charge is 0.522 e. The summed E-state index contributed by atoms with van der Waals surface area (Å²) in [4.78, 5) is 17.6. The van der Waals surface area contributed by atoms with Gasteiger partial charge >= 0.3 is 21.7 Å². The molecule has 0 bridgehead atoms. The van der Waals surface area contributed by atoms with Gasteiger partial charge in [-0.2, -0.15) is 21.6 Å². The second-order valence-corrected chi connectivity index (χ2v) is 2.87. The van der Waals surface area contributed by atoms with Crippen LogP contribution in [0.25, 0.3) is 0 Å². The van der Waals surface area contributed by atoms with Crippen LogP contribution in [-0.4, -0.2) is 30.9 Å². The summed E-state index contributed by atoms with van der Waals surface area (Å²) in [6.07, 6.45) is 0.250. The fraction of sp³-hybridized carbons (Fsp3) is 0.333. The van der Waals surface area contributed by atoms with Gasteiger partial charge in [0.15, 0.2) is 0 Å². The van der Waals surface area contributed by atoms with Crippen molar-refractivity contribution in [3.63, 3.8) is 0 Å². The molecule has 8 nitrogen and oxygen atoms in total. The molecule has 0 aromatic rings. The Morgan fingerprint density at radius 3 is 1.33 bits per heavy atom. The van der Waals surface area contributed by atoms with Gasteiger partial charge in [0, 0.05) is 0 Å². The number of primary amides is 3. The van der Waals surface area contributed by atoms with Gasteiger partial charge in [-0.1, -0.05) is 0 Å². The average Bonchev–Trinajstić information content (AvgIpc) is 1.81. The summed E-state index contributed by atoms with van der Waals surface area (Å²) in [7, 11) is -5.84. The Labute approximate surface area is 81.9 Å². The molecule has 0 radical (unpaired) electrons. The van der Waals surface area contributed by atoms with E-state index in [0.29, 0.717) is 0 Å². The van der Waals surface area contributed by atoms with E-state index >= 15 is 0 Å². The van der Waals surface area contributed by atoms with Crippen LogP contribution in [0.15, 0.2) is 0 Å². The van der Waals surface area contributed by atoms with Crippen LogP contribution in [0.4, 0.5) is 18.0 Å². The van der Waals surface area contributed by atoms with E-state index < -0.39 is 21.7 Å². The highest BCUT2D eigenvalue weighted by Gasteiger charge is 2.44. The van der Waals surface area contributed by atoms with Gasteiger partial charge in [0.05, 0.1) is 0 Å². The molecule has 0 saturated carbocycles. The van der Waals surface area contributed by atoms with Crippen molar-refractivity contribution in [2.24, 2.45) is 17.2 Å². The van der Waals surface area contributed by atoms with E-state index in [0.717, 1.165) is 0 Å². The van der Waals surface area contributed by atoms with E-state index in [1.165, 1.54) is 0 Å². The lowest BCUT2D eigenvalue weighted by molar-refractivity contribution is -0.106. The maximum absolute atomic E-state index is 10.7. The number of hydrogen-bond acceptors (Lipinski definition) is 4. The Balaban J connectivity index is -0.000000173. The Bertz CT molecular complexity index is 282. The molecule has 15 heavy (non-hydrogen) atoms. The number of urea groups is 1. The third-order valence-corrected chi connectivity index (χ3v) is 0.877. The summed E-state index contributed by atoms with van der Waals surface area (Å²) in [6, 6.07) is -0.833. The number of carbonyl (C=O) groups is 2. The van der Waals surface area contributed by atoms with Crippen LogP contribution >= 0.6 is 0 Å². The zero-order chi connectivity index (χ0) is 13.3. The number of halogens is 3. The molecule has 7 N–H and O–H groups in total. The normalized spacial score (nSPS) is 9.87. The molecule has 0 fully saturated rings. The van der Waals surface area contributed by atoms with Crippen LogP contribution in [0.1, 0.15) is 0 Å². The molecule has 0 aliphatic rings. The number of alkyl halides is 3. The molecular formula is C3H8F3N3O5S. The van der Waals surface area contributed by atoms with Crippen LogP contribution in [0.5, 0.6) is 0 Å². The number of amides is 3. The fourth-order valence-corrected chi connectivity index (χ4v) is 0. The first-order chi connectivity index (χ1) is 6.40. The van der Waals surface area contributed by atoms with Crippen LogP contribution in [0, 0.1) is 0 Å². The Morgan fingerprint density at radius 2 is 1.33 bits per heavy atom. The predicted octanol–water partition coefficient (Wildman–Crippen LogP) is -1.48. The van der Waals surface area contributed by atoms with Gasteiger partial charge in [0.1, 0.15) is 0 Å². The van der Waals surface area contributed by atoms with Crippen LogP contribution < -0.4 is 17.2 Å². The molecule has 3 amide bonds. The van der Waals surface area contributed by atoms with E-state index in [1.54, 1.807) is 0 Å². The molecule has 0 aromatic heterocycles. The molecule has 0 aliphatic carbocycles. The zero-order valence-electron chi connectivity index (χ0n) is 6.93. The third kappa shape index (κ3) is 24.5. The number of hydrogen-bond donors (Lipinski definition) is 4. The summed E-state index contributed by atoms with van der Waals surface area (Å²) < 4.78 is 57.5. The predicted molar refractivity (Wildman–Crippen MR) is 41.6 cm³/mol. The minimum Gasteiger partial charge on any atom is -0.372 e. The standard InChI is InChI=1S/CHF3O3S.CH4N2O.CH3NO/c2-1(3,4)8(5,6)7;2-1(3)4;2-1-3/h(H,5,6,7);(H4,2,3,4);1H,(H2,2,3). The topological polar surface area (TPSA) is 167 Å². The van der Waals surface area contributed by atoms with Crippen molar-refractivity contribution in [1.29, 1.82) is 0 Å². The third-order valence-electron chi connectivity index (χ3n) is 0.292. The van der Waals surface area contributed by atoms with Crippen molar-refractivity contribution in [1.82, 2.24) is 0 Å². The number of nitrogens with two attached hydrogens (primary N) is 3. The molecule has 0 atom stereocenters. The molecule has 0 rings (SSSR count). The molecule has 0 unspecified atom stereocenters. The summed E-state index contributed by atoms with van der Waals surface area (Å²) in [6.45, 7) is 0. The first-order valence-corrected chi connectivity index (χ1v) is 4.08. The summed E-state index contributed by atoms with van der Waals surface area (Å²) in [5.74, 6) is 0. The van der Waals surface area contributed by atoms with Crippen molar-refractivity contribution < 1.29 is 35.7 Å². The van der Waals surface area contributed by atoms with Gasteiger partial charge in [0.25, 0.3) is 0 Å². The van der Waals surface area contributed by atoms with Gasteiger partial charge in [-0.05, 0) is 0 Å². The van der Waals surface area contributed by atoms with Crippen molar-refractivity contribution >= 4 is 22.6 Å². The number of carbonyl (C=O) groups excluding carboxylic acids is 2. The lowest BCUT2D eigenvalue weighted by Gasteiger charge is -1.97. The molecule has 0 heterocycles. The molecule has 92 valence electrons. The van der Waals surface area contributed by atoms with E-state index in [-0.39, 0.29) is 6.41 Å². The molecule has 0 spiro atoms. The molecule has 12 heteroatoms. The highest BCUT2D eigenvalue weighted by molar-refractivity contribution is 7.86. The van der Waals surface area contributed by atoms with E-state index in [4.69, 9.17) is 22.6 Å². The highest BCUT2D eigenvalue weighted by atomic mass is 32.2. The van der Waals surface area contributed by atoms with Crippen LogP contribution in [0.3, 0.4) is 0 Å². The first kappa shape index (κ1) is 19.1. The minimum absolute atomic E-state index is 0.250. The highest BCUT2D eigenvalue weighted by Crippen LogP contribution is 2.20. The van der Waals surface area contributed by atoms with E-state index in [2.05, 4.69) is 17.2 Å². The maximum atomic E-state index is 10.7. The van der Waals surface area contributed by atoms with Crippen molar-refractivity contribution in [3.8, 4) is 0 Å². The lowest BCUT2D eigenvalue weighted by Crippen LogP contribution is -2.21. The van der Waals surface area contributed by atoms with Gasteiger partial charge in [-0.25, -0.2) is 4.79 Å². The summed E-state index contributed by atoms with van der Waals surface area (Å²) in [5.41, 5.74) is 7.13. The smallest absolute Gasteiger partial charge is 0.372 e. The second kappa shape index (κ2) is 7.81. The second-order valence-electron chi connectivity index (χ2n) is 1.46. The van der Waals surface area contributed by atoms with Gasteiger partial charge < -0.3 is 17.2 Å². The maximum Gasteiger partial charge on any atom is 0.522 e. The number of rotatable bonds is 0. The Morgan fingerprint density at radius 1 is 1.27 bits per heavy atom. The van der Waals surface area contributed by atoms with Gasteiger partial charge in [-0.3, -0.25) is 9.35 Å².